The minimum Gasteiger partial charge on any atom is -0.381 e. The molecule has 1 aliphatic heterocycles. The van der Waals surface area contributed by atoms with E-state index in [1.54, 1.807) is 6.92 Å². The minimum absolute atomic E-state index is 0.320. The lowest BCUT2D eigenvalue weighted by Gasteiger charge is -2.03. The normalized spacial score (nSPS) is 16.2. The Labute approximate surface area is 154 Å². The van der Waals surface area contributed by atoms with Gasteiger partial charge in [0.15, 0.2) is 12.0 Å². The fourth-order valence-electron chi connectivity index (χ4n) is 2.73. The average molecular weight is 360 g/mol. The fraction of sp³-hybridized carbons (Fsp3) is 0.500. The van der Waals surface area contributed by atoms with Gasteiger partial charge in [0.2, 0.25) is 0 Å². The molecule has 0 aliphatic carbocycles. The Bertz CT molecular complexity index is 678. The number of nitrogens with zero attached hydrogens (tertiary/aromatic N) is 1. The molecule has 1 N–H and O–H groups in total. The zero-order valence-corrected chi connectivity index (χ0v) is 15.8. The number of aldehydes is 1. The molecule has 1 aromatic carbocycles. The van der Waals surface area contributed by atoms with E-state index in [1.807, 2.05) is 32.2 Å². The van der Waals surface area contributed by atoms with E-state index in [2.05, 4.69) is 16.5 Å². The number of aromatic nitrogens is 1. The number of carbonyl (C=O) groups is 1. The summed E-state index contributed by atoms with van der Waals surface area (Å²) in [7, 11) is 1.98. The van der Waals surface area contributed by atoms with Crippen molar-refractivity contribution < 1.29 is 18.8 Å². The third kappa shape index (κ3) is 6.37. The number of benzene rings is 1. The maximum absolute atomic E-state index is 10.6. The van der Waals surface area contributed by atoms with E-state index in [0.717, 1.165) is 36.8 Å². The quantitative estimate of drug-likeness (QED) is 0.765. The highest BCUT2D eigenvalue weighted by Gasteiger charge is 2.13. The Morgan fingerprint density at radius 2 is 2.19 bits per heavy atom. The van der Waals surface area contributed by atoms with E-state index < -0.39 is 0 Å². The fourth-order valence-corrected chi connectivity index (χ4v) is 2.73. The Hall–Kier alpha value is -2.02. The van der Waals surface area contributed by atoms with Gasteiger partial charge in [-0.25, -0.2) is 0 Å². The van der Waals surface area contributed by atoms with Gasteiger partial charge in [-0.2, -0.15) is 0 Å². The number of aryl methyl sites for hydroxylation is 1. The van der Waals surface area contributed by atoms with Crippen LogP contribution in [0, 0.1) is 19.8 Å². The number of hydrogen-bond donors (Lipinski definition) is 1. The molecule has 142 valence electrons. The van der Waals surface area contributed by atoms with Crippen molar-refractivity contribution in [3.63, 3.8) is 0 Å². The van der Waals surface area contributed by atoms with Crippen molar-refractivity contribution in [3.05, 3.63) is 52.4 Å². The molecule has 2 heterocycles. The van der Waals surface area contributed by atoms with Crippen LogP contribution in [0.2, 0.25) is 0 Å². The molecule has 0 saturated carbocycles. The predicted octanol–water partition coefficient (Wildman–Crippen LogP) is 3.06. The molecule has 6 nitrogen and oxygen atoms in total. The highest BCUT2D eigenvalue weighted by Crippen LogP contribution is 2.14. The second-order valence-corrected chi connectivity index (χ2v) is 6.50. The first-order chi connectivity index (χ1) is 12.6. The highest BCUT2D eigenvalue weighted by atomic mass is 16.5. The molecule has 1 aliphatic rings. The van der Waals surface area contributed by atoms with Crippen molar-refractivity contribution in [2.45, 2.75) is 33.5 Å². The Morgan fingerprint density at radius 1 is 1.35 bits per heavy atom. The molecular formula is C20H28N2O4. The van der Waals surface area contributed by atoms with E-state index in [-0.39, 0.29) is 0 Å². The van der Waals surface area contributed by atoms with Gasteiger partial charge < -0.3 is 19.3 Å². The van der Waals surface area contributed by atoms with E-state index in [9.17, 15) is 4.79 Å². The van der Waals surface area contributed by atoms with Gasteiger partial charge in [0.1, 0.15) is 12.3 Å². The Balaban J connectivity index is 0.000000254. The molecule has 0 spiro atoms. The van der Waals surface area contributed by atoms with Crippen LogP contribution in [0.1, 0.15) is 39.4 Å². The summed E-state index contributed by atoms with van der Waals surface area (Å²) < 4.78 is 15.8. The largest absolute Gasteiger partial charge is 0.381 e. The second kappa shape index (κ2) is 10.9. The summed E-state index contributed by atoms with van der Waals surface area (Å²) in [6.45, 7) is 7.71. The van der Waals surface area contributed by atoms with Crippen LogP contribution in [-0.2, 0) is 22.7 Å². The SMILES string of the molecule is CNCC1CCOC1.Cc1cccc(COCc2onc(C=O)c2C)c1. The lowest BCUT2D eigenvalue weighted by atomic mass is 10.1. The highest BCUT2D eigenvalue weighted by molar-refractivity contribution is 5.73. The van der Waals surface area contributed by atoms with Gasteiger partial charge in [0, 0.05) is 12.2 Å². The van der Waals surface area contributed by atoms with Crippen molar-refractivity contribution in [1.82, 2.24) is 10.5 Å². The molecule has 1 saturated heterocycles. The van der Waals surface area contributed by atoms with Crippen LogP contribution in [0.3, 0.4) is 0 Å². The summed E-state index contributed by atoms with van der Waals surface area (Å²) in [5.41, 5.74) is 3.40. The van der Waals surface area contributed by atoms with Crippen molar-refractivity contribution in [3.8, 4) is 0 Å². The summed E-state index contributed by atoms with van der Waals surface area (Å²) >= 11 is 0. The van der Waals surface area contributed by atoms with Crippen LogP contribution >= 0.6 is 0 Å². The Morgan fingerprint density at radius 3 is 2.81 bits per heavy atom. The number of rotatable bonds is 7. The molecule has 6 heteroatoms. The molecule has 1 fully saturated rings. The summed E-state index contributed by atoms with van der Waals surface area (Å²) in [6, 6.07) is 8.12. The van der Waals surface area contributed by atoms with Gasteiger partial charge in [-0.1, -0.05) is 35.0 Å². The maximum atomic E-state index is 10.6. The van der Waals surface area contributed by atoms with Crippen LogP contribution in [0.4, 0.5) is 0 Å². The first-order valence-electron chi connectivity index (χ1n) is 8.90. The van der Waals surface area contributed by atoms with Gasteiger partial charge >= 0.3 is 0 Å². The molecular weight excluding hydrogens is 332 g/mol. The molecule has 0 amide bonds. The standard InChI is InChI=1S/C14H15NO3.C6H13NO/c1-10-4-3-5-12(6-10)8-17-9-14-11(2)13(7-16)15-18-14;1-7-4-6-2-3-8-5-6/h3-7H,8-9H2,1-2H3;6-7H,2-5H2,1H3. The topological polar surface area (TPSA) is 73.6 Å². The summed E-state index contributed by atoms with van der Waals surface area (Å²) in [4.78, 5) is 10.6. The second-order valence-electron chi connectivity index (χ2n) is 6.50. The number of hydrogen-bond acceptors (Lipinski definition) is 6. The molecule has 1 atom stereocenters. The molecule has 26 heavy (non-hydrogen) atoms. The van der Waals surface area contributed by atoms with Crippen LogP contribution in [0.25, 0.3) is 0 Å². The van der Waals surface area contributed by atoms with Gasteiger partial charge in [-0.05, 0) is 45.3 Å². The van der Waals surface area contributed by atoms with Crippen LogP contribution in [0.15, 0.2) is 28.8 Å². The van der Waals surface area contributed by atoms with Crippen LogP contribution in [-0.4, -0.2) is 38.2 Å². The first-order valence-corrected chi connectivity index (χ1v) is 8.90. The number of ether oxygens (including phenoxy) is 2. The third-order valence-electron chi connectivity index (χ3n) is 4.27. The van der Waals surface area contributed by atoms with Crippen molar-refractivity contribution in [2.75, 3.05) is 26.8 Å². The minimum atomic E-state index is 0.320. The number of carbonyl (C=O) groups excluding carboxylic acids is 1. The number of nitrogens with one attached hydrogen (secondary N) is 1. The van der Waals surface area contributed by atoms with E-state index in [1.165, 1.54) is 12.0 Å². The third-order valence-corrected chi connectivity index (χ3v) is 4.27. The van der Waals surface area contributed by atoms with E-state index >= 15 is 0 Å². The zero-order valence-electron chi connectivity index (χ0n) is 15.8. The van der Waals surface area contributed by atoms with Crippen molar-refractivity contribution in [1.29, 1.82) is 0 Å². The smallest absolute Gasteiger partial charge is 0.172 e. The predicted molar refractivity (Wildman–Crippen MR) is 99.2 cm³/mol. The molecule has 1 unspecified atom stereocenters. The molecule has 1 aromatic heterocycles. The van der Waals surface area contributed by atoms with Crippen LogP contribution in [0.5, 0.6) is 0 Å². The van der Waals surface area contributed by atoms with Gasteiger partial charge in [-0.3, -0.25) is 4.79 Å². The van der Waals surface area contributed by atoms with Crippen molar-refractivity contribution >= 4 is 6.29 Å². The molecule has 2 aromatic rings. The molecule has 0 radical (unpaired) electrons. The summed E-state index contributed by atoms with van der Waals surface area (Å²) in [5, 5.41) is 6.78. The van der Waals surface area contributed by atoms with Gasteiger partial charge in [0.05, 0.1) is 13.2 Å². The first kappa shape index (κ1) is 20.3. The summed E-state index contributed by atoms with van der Waals surface area (Å²) in [6.07, 6.45) is 1.92. The monoisotopic (exact) mass is 360 g/mol. The Kier molecular flexibility index (Phi) is 8.47. The van der Waals surface area contributed by atoms with Crippen LogP contribution < -0.4 is 5.32 Å². The maximum Gasteiger partial charge on any atom is 0.172 e. The van der Waals surface area contributed by atoms with Crippen molar-refractivity contribution in [2.24, 2.45) is 5.92 Å². The van der Waals surface area contributed by atoms with Gasteiger partial charge in [-0.15, -0.1) is 0 Å². The summed E-state index contributed by atoms with van der Waals surface area (Å²) in [5.74, 6) is 1.38. The molecule has 0 bridgehead atoms. The molecule has 3 rings (SSSR count). The van der Waals surface area contributed by atoms with Gasteiger partial charge in [0.25, 0.3) is 0 Å². The lowest BCUT2D eigenvalue weighted by Crippen LogP contribution is -2.18. The average Bonchev–Trinajstić information content (AvgIpc) is 3.26. The zero-order chi connectivity index (χ0) is 18.8. The van der Waals surface area contributed by atoms with E-state index in [4.69, 9.17) is 14.0 Å². The lowest BCUT2D eigenvalue weighted by molar-refractivity contribution is 0.0877. The van der Waals surface area contributed by atoms with E-state index in [0.29, 0.717) is 31.0 Å².